The highest BCUT2D eigenvalue weighted by Crippen LogP contribution is 2.12. The molecule has 0 N–H and O–H groups in total. The standard InChI is InChI=1S/C8H16N2O3S/c1-7(2)4-10-6-14(12,13)5-9(3)8(10)11/h7H,4-6H2,1-3H3. The van der Waals surface area contributed by atoms with Crippen molar-refractivity contribution in [1.82, 2.24) is 9.80 Å². The number of carbonyl (C=O) groups is 1. The zero-order valence-corrected chi connectivity index (χ0v) is 9.54. The maximum absolute atomic E-state index is 11.5. The molecule has 0 unspecified atom stereocenters. The maximum atomic E-state index is 11.5. The molecule has 1 saturated heterocycles. The summed E-state index contributed by atoms with van der Waals surface area (Å²) in [5.74, 6) is -0.0324. The van der Waals surface area contributed by atoms with Crippen molar-refractivity contribution in [3.05, 3.63) is 0 Å². The second kappa shape index (κ2) is 3.76. The van der Waals surface area contributed by atoms with Crippen molar-refractivity contribution in [2.24, 2.45) is 5.92 Å². The first-order chi connectivity index (χ1) is 6.32. The van der Waals surface area contributed by atoms with Gasteiger partial charge in [-0.05, 0) is 5.92 Å². The highest BCUT2D eigenvalue weighted by atomic mass is 32.2. The average molecular weight is 220 g/mol. The Morgan fingerprint density at radius 1 is 1.36 bits per heavy atom. The van der Waals surface area contributed by atoms with Crippen molar-refractivity contribution in [3.8, 4) is 0 Å². The molecule has 6 heteroatoms. The molecular formula is C8H16N2O3S. The van der Waals surface area contributed by atoms with Gasteiger partial charge in [-0.15, -0.1) is 0 Å². The smallest absolute Gasteiger partial charge is 0.313 e. The van der Waals surface area contributed by atoms with Gasteiger partial charge in [-0.3, -0.25) is 0 Å². The van der Waals surface area contributed by atoms with Gasteiger partial charge in [0.15, 0.2) is 9.84 Å². The van der Waals surface area contributed by atoms with Gasteiger partial charge in [0.1, 0.15) is 11.8 Å². The lowest BCUT2D eigenvalue weighted by Gasteiger charge is -2.33. The van der Waals surface area contributed by atoms with Crippen LogP contribution in [0.5, 0.6) is 0 Å². The Balaban J connectivity index is 2.78. The number of amides is 2. The van der Waals surface area contributed by atoms with Gasteiger partial charge in [-0.1, -0.05) is 13.8 Å². The number of rotatable bonds is 2. The first kappa shape index (κ1) is 11.3. The Labute approximate surface area is 84.6 Å². The summed E-state index contributed by atoms with van der Waals surface area (Å²) < 4.78 is 22.7. The van der Waals surface area contributed by atoms with E-state index < -0.39 is 9.84 Å². The Morgan fingerprint density at radius 3 is 2.43 bits per heavy atom. The van der Waals surface area contributed by atoms with Crippen LogP contribution in [0.1, 0.15) is 13.8 Å². The second-order valence-corrected chi connectivity index (χ2v) is 6.10. The van der Waals surface area contributed by atoms with Crippen LogP contribution < -0.4 is 0 Å². The predicted octanol–water partition coefficient (Wildman–Crippen LogP) is 0.340. The van der Waals surface area contributed by atoms with Crippen molar-refractivity contribution in [2.45, 2.75) is 13.8 Å². The molecule has 0 aromatic carbocycles. The van der Waals surface area contributed by atoms with E-state index in [4.69, 9.17) is 0 Å². The zero-order chi connectivity index (χ0) is 10.9. The number of nitrogens with zero attached hydrogens (tertiary/aromatic N) is 2. The summed E-state index contributed by atoms with van der Waals surface area (Å²) in [6.07, 6.45) is 0. The highest BCUT2D eigenvalue weighted by molar-refractivity contribution is 7.91. The molecule has 1 aliphatic rings. The van der Waals surface area contributed by atoms with Gasteiger partial charge in [0.25, 0.3) is 0 Å². The molecule has 1 rings (SSSR count). The van der Waals surface area contributed by atoms with Crippen LogP contribution in [0.4, 0.5) is 4.79 Å². The number of hydrogen-bond donors (Lipinski definition) is 0. The lowest BCUT2D eigenvalue weighted by Crippen LogP contribution is -2.52. The maximum Gasteiger partial charge on any atom is 0.321 e. The topological polar surface area (TPSA) is 57.7 Å². The molecule has 2 amide bonds. The van der Waals surface area contributed by atoms with Crippen LogP contribution in [0.2, 0.25) is 0 Å². The predicted molar refractivity (Wildman–Crippen MR) is 53.4 cm³/mol. The van der Waals surface area contributed by atoms with Gasteiger partial charge in [-0.2, -0.15) is 0 Å². The molecule has 0 aliphatic carbocycles. The lowest BCUT2D eigenvalue weighted by molar-refractivity contribution is 0.164. The quantitative estimate of drug-likeness (QED) is 0.674. The van der Waals surface area contributed by atoms with Crippen LogP contribution in [0.15, 0.2) is 0 Å². The molecular weight excluding hydrogens is 204 g/mol. The molecule has 1 aliphatic heterocycles. The fourth-order valence-electron chi connectivity index (χ4n) is 1.50. The Morgan fingerprint density at radius 2 is 1.93 bits per heavy atom. The zero-order valence-electron chi connectivity index (χ0n) is 8.73. The van der Waals surface area contributed by atoms with E-state index in [1.807, 2.05) is 13.8 Å². The monoisotopic (exact) mass is 220 g/mol. The van der Waals surface area contributed by atoms with Crippen LogP contribution in [0.3, 0.4) is 0 Å². The summed E-state index contributed by atoms with van der Waals surface area (Å²) in [7, 11) is -1.62. The Hall–Kier alpha value is -0.780. The Bertz CT molecular complexity index is 323. The SMILES string of the molecule is CC(C)CN1CS(=O)(=O)CN(C)C1=O. The summed E-state index contributed by atoms with van der Waals surface area (Å²) in [4.78, 5) is 14.2. The number of sulfone groups is 1. The fraction of sp³-hybridized carbons (Fsp3) is 0.875. The largest absolute Gasteiger partial charge is 0.321 e. The van der Waals surface area contributed by atoms with E-state index in [2.05, 4.69) is 0 Å². The molecule has 1 fully saturated rings. The molecule has 0 aromatic heterocycles. The summed E-state index contributed by atoms with van der Waals surface area (Å²) in [6, 6.07) is -0.200. The second-order valence-electron chi connectivity index (χ2n) is 4.10. The third kappa shape index (κ3) is 2.60. The number of hydrogen-bond acceptors (Lipinski definition) is 3. The molecule has 5 nitrogen and oxygen atoms in total. The van der Waals surface area contributed by atoms with Gasteiger partial charge in [0.2, 0.25) is 0 Å². The van der Waals surface area contributed by atoms with Crippen LogP contribution >= 0.6 is 0 Å². The van der Waals surface area contributed by atoms with Crippen molar-refractivity contribution in [2.75, 3.05) is 25.3 Å². The fourth-order valence-corrected chi connectivity index (χ4v) is 2.97. The summed E-state index contributed by atoms with van der Waals surface area (Å²) in [5, 5.41) is 0. The van der Waals surface area contributed by atoms with Crippen molar-refractivity contribution < 1.29 is 13.2 Å². The van der Waals surface area contributed by atoms with Crippen LogP contribution in [-0.2, 0) is 9.84 Å². The number of urea groups is 1. The van der Waals surface area contributed by atoms with Gasteiger partial charge >= 0.3 is 6.03 Å². The Kier molecular flexibility index (Phi) is 3.04. The molecule has 1 heterocycles. The van der Waals surface area contributed by atoms with E-state index in [1.165, 1.54) is 16.8 Å². The summed E-state index contributed by atoms with van der Waals surface area (Å²) in [5.41, 5.74) is 0. The normalized spacial score (nSPS) is 21.9. The molecule has 0 spiro atoms. The van der Waals surface area contributed by atoms with E-state index in [0.29, 0.717) is 6.54 Å². The van der Waals surface area contributed by atoms with Crippen LogP contribution in [-0.4, -0.2) is 49.6 Å². The molecule has 0 aromatic rings. The number of carbonyl (C=O) groups excluding carboxylic acids is 1. The van der Waals surface area contributed by atoms with Crippen LogP contribution in [0, 0.1) is 5.92 Å². The molecule has 14 heavy (non-hydrogen) atoms. The van der Waals surface area contributed by atoms with Crippen LogP contribution in [0.25, 0.3) is 0 Å². The van der Waals surface area contributed by atoms with E-state index in [-0.39, 0.29) is 23.7 Å². The van der Waals surface area contributed by atoms with Crippen molar-refractivity contribution in [3.63, 3.8) is 0 Å². The van der Waals surface area contributed by atoms with Gasteiger partial charge in [0, 0.05) is 13.6 Å². The van der Waals surface area contributed by atoms with Gasteiger partial charge < -0.3 is 9.80 Å². The van der Waals surface area contributed by atoms with Crippen molar-refractivity contribution >= 4 is 15.9 Å². The molecule has 0 radical (unpaired) electrons. The third-order valence-electron chi connectivity index (χ3n) is 1.93. The van der Waals surface area contributed by atoms with E-state index in [0.717, 1.165) is 0 Å². The van der Waals surface area contributed by atoms with E-state index >= 15 is 0 Å². The highest BCUT2D eigenvalue weighted by Gasteiger charge is 2.32. The first-order valence-corrected chi connectivity index (χ1v) is 6.34. The van der Waals surface area contributed by atoms with Gasteiger partial charge in [-0.25, -0.2) is 13.2 Å². The van der Waals surface area contributed by atoms with E-state index in [9.17, 15) is 13.2 Å². The molecule has 82 valence electrons. The minimum absolute atomic E-state index is 0.144. The van der Waals surface area contributed by atoms with Gasteiger partial charge in [0.05, 0.1) is 0 Å². The minimum Gasteiger partial charge on any atom is -0.313 e. The lowest BCUT2D eigenvalue weighted by atomic mass is 10.2. The minimum atomic E-state index is -3.13. The summed E-state index contributed by atoms with van der Waals surface area (Å²) >= 11 is 0. The van der Waals surface area contributed by atoms with E-state index in [1.54, 1.807) is 0 Å². The molecule has 0 atom stereocenters. The third-order valence-corrected chi connectivity index (χ3v) is 3.41. The average Bonchev–Trinajstić information content (AvgIpc) is 1.97. The molecule has 0 bridgehead atoms. The summed E-state index contributed by atoms with van der Waals surface area (Å²) in [6.45, 7) is 4.39. The first-order valence-electron chi connectivity index (χ1n) is 4.52. The molecule has 0 saturated carbocycles. The van der Waals surface area contributed by atoms with Crippen molar-refractivity contribution in [1.29, 1.82) is 0 Å².